The maximum absolute atomic E-state index is 12.0. The Morgan fingerprint density at radius 2 is 2.00 bits per heavy atom. The van der Waals surface area contributed by atoms with Gasteiger partial charge in [-0.05, 0) is 24.3 Å². The van der Waals surface area contributed by atoms with Gasteiger partial charge in [-0.1, -0.05) is 12.1 Å². The Kier molecular flexibility index (Phi) is 6.55. The predicted octanol–water partition coefficient (Wildman–Crippen LogP) is 1.95. The number of aryl methyl sites for hydroxylation is 1. The number of benzene rings is 2. The van der Waals surface area contributed by atoms with Crippen molar-refractivity contribution < 1.29 is 24.0 Å². The number of carbonyl (C=O) groups is 2. The summed E-state index contributed by atoms with van der Waals surface area (Å²) in [4.78, 5) is 53.3. The zero-order valence-electron chi connectivity index (χ0n) is 16.4. The van der Waals surface area contributed by atoms with E-state index in [0.29, 0.717) is 16.7 Å². The molecule has 0 atom stereocenters. The highest BCUT2D eigenvalue weighted by atomic mass is 16.6. The van der Waals surface area contributed by atoms with E-state index < -0.39 is 23.4 Å². The monoisotopic (exact) mass is 426 g/mol. The highest BCUT2D eigenvalue weighted by Crippen LogP contribution is 2.28. The lowest BCUT2D eigenvalue weighted by Gasteiger charge is -2.08. The van der Waals surface area contributed by atoms with Crippen molar-refractivity contribution >= 4 is 34.2 Å². The first-order chi connectivity index (χ1) is 14.9. The molecule has 11 nitrogen and oxygen atoms in total. The number of nitro benzene ring substituents is 1. The lowest BCUT2D eigenvalue weighted by molar-refractivity contribution is -0.384. The maximum atomic E-state index is 12.0. The van der Waals surface area contributed by atoms with Gasteiger partial charge in [0.15, 0.2) is 6.61 Å². The first kappa shape index (κ1) is 21.4. The summed E-state index contributed by atoms with van der Waals surface area (Å²) in [5.41, 5.74) is -0.209. The van der Waals surface area contributed by atoms with Crippen molar-refractivity contribution in [3.63, 3.8) is 0 Å². The molecule has 0 unspecified atom stereocenters. The fraction of sp³-hybridized carbons (Fsp3) is 0.200. The molecule has 11 heteroatoms. The number of carbonyl (C=O) groups excluding carboxylic acids is 2. The lowest BCUT2D eigenvalue weighted by Crippen LogP contribution is -2.22. The number of nitrogens with zero attached hydrogens (tertiary/aromatic N) is 2. The molecule has 0 fully saturated rings. The maximum Gasteiger partial charge on any atom is 0.306 e. The van der Waals surface area contributed by atoms with Gasteiger partial charge in [-0.15, -0.1) is 0 Å². The minimum atomic E-state index is -0.737. The highest BCUT2D eigenvalue weighted by Gasteiger charge is 2.18. The molecule has 1 aromatic heterocycles. The van der Waals surface area contributed by atoms with E-state index in [1.165, 1.54) is 25.3 Å². The second-order valence-electron chi connectivity index (χ2n) is 6.38. The molecule has 0 radical (unpaired) electrons. The Bertz CT molecular complexity index is 1210. The molecule has 160 valence electrons. The van der Waals surface area contributed by atoms with Gasteiger partial charge in [0.2, 0.25) is 0 Å². The van der Waals surface area contributed by atoms with Crippen LogP contribution in [0.1, 0.15) is 12.2 Å². The third-order valence-electron chi connectivity index (χ3n) is 4.27. The fourth-order valence-electron chi connectivity index (χ4n) is 2.77. The van der Waals surface area contributed by atoms with Gasteiger partial charge < -0.3 is 19.8 Å². The summed E-state index contributed by atoms with van der Waals surface area (Å²) in [5.74, 6) is -0.843. The van der Waals surface area contributed by atoms with Gasteiger partial charge in [0, 0.05) is 6.42 Å². The van der Waals surface area contributed by atoms with Crippen LogP contribution in [-0.4, -0.2) is 40.5 Å². The Morgan fingerprint density at radius 1 is 1.23 bits per heavy atom. The van der Waals surface area contributed by atoms with Crippen molar-refractivity contribution in [2.24, 2.45) is 0 Å². The van der Waals surface area contributed by atoms with E-state index in [1.807, 2.05) is 0 Å². The van der Waals surface area contributed by atoms with E-state index in [9.17, 15) is 24.5 Å². The lowest BCUT2D eigenvalue weighted by atomic mass is 10.2. The third-order valence-corrected chi connectivity index (χ3v) is 4.27. The highest BCUT2D eigenvalue weighted by molar-refractivity contribution is 5.95. The number of esters is 1. The van der Waals surface area contributed by atoms with Crippen LogP contribution >= 0.6 is 0 Å². The number of aromatic amines is 1. The van der Waals surface area contributed by atoms with Gasteiger partial charge >= 0.3 is 5.97 Å². The molecule has 2 aromatic carbocycles. The summed E-state index contributed by atoms with van der Waals surface area (Å²) < 4.78 is 9.82. The van der Waals surface area contributed by atoms with Crippen LogP contribution in [0.25, 0.3) is 10.9 Å². The molecular formula is C20H18N4O7. The molecule has 2 N–H and O–H groups in total. The molecule has 0 bridgehead atoms. The standard InChI is InChI=1S/C20H18N4O7/c1-30-12-6-7-15(16(10-12)24(28)29)22-18(25)11-31-19(26)9-8-17-21-14-5-3-2-4-13(14)20(27)23-17/h2-7,10H,8-9,11H2,1H3,(H,22,25)(H,21,23,27). The Balaban J connectivity index is 1.54. The van der Waals surface area contributed by atoms with Crippen LogP contribution in [0.5, 0.6) is 5.75 Å². The molecule has 3 rings (SSSR count). The number of ether oxygens (including phenoxy) is 2. The molecule has 0 aliphatic carbocycles. The zero-order valence-corrected chi connectivity index (χ0v) is 16.4. The fourth-order valence-corrected chi connectivity index (χ4v) is 2.77. The van der Waals surface area contributed by atoms with Gasteiger partial charge in [-0.2, -0.15) is 0 Å². The molecular weight excluding hydrogens is 408 g/mol. The number of fused-ring (bicyclic) bond motifs is 1. The molecule has 1 amide bonds. The second kappa shape index (κ2) is 9.48. The van der Waals surface area contributed by atoms with Gasteiger partial charge in [0.05, 0.1) is 35.4 Å². The number of aromatic nitrogens is 2. The molecule has 0 spiro atoms. The van der Waals surface area contributed by atoms with Crippen molar-refractivity contribution in [2.45, 2.75) is 12.8 Å². The number of hydrogen-bond donors (Lipinski definition) is 2. The van der Waals surface area contributed by atoms with E-state index in [-0.39, 0.29) is 35.5 Å². The first-order valence-corrected chi connectivity index (χ1v) is 9.13. The van der Waals surface area contributed by atoms with Crippen molar-refractivity contribution in [3.8, 4) is 5.75 Å². The van der Waals surface area contributed by atoms with Crippen molar-refractivity contribution in [3.05, 3.63) is 68.8 Å². The smallest absolute Gasteiger partial charge is 0.306 e. The number of anilines is 1. The Labute approximate surface area is 175 Å². The summed E-state index contributed by atoms with van der Waals surface area (Å²) in [7, 11) is 1.36. The van der Waals surface area contributed by atoms with Crippen LogP contribution in [0.3, 0.4) is 0 Å². The molecule has 0 saturated heterocycles. The number of hydrogen-bond acceptors (Lipinski definition) is 8. The van der Waals surface area contributed by atoms with Crippen LogP contribution in [0, 0.1) is 10.1 Å². The SMILES string of the molecule is COc1ccc(NC(=O)COC(=O)CCc2nc3ccccc3c(=O)[nH]2)c([N+](=O)[O-])c1. The van der Waals surface area contributed by atoms with Gasteiger partial charge in [-0.3, -0.25) is 24.5 Å². The summed E-state index contributed by atoms with van der Waals surface area (Å²) in [6.45, 7) is -0.621. The zero-order chi connectivity index (χ0) is 22.4. The number of nitro groups is 1. The Morgan fingerprint density at radius 3 is 2.74 bits per heavy atom. The van der Waals surface area contributed by atoms with Crippen LogP contribution < -0.4 is 15.6 Å². The number of H-pyrrole nitrogens is 1. The number of rotatable bonds is 8. The number of methoxy groups -OCH3 is 1. The molecule has 1 heterocycles. The number of amides is 1. The average Bonchev–Trinajstić information content (AvgIpc) is 2.76. The van der Waals surface area contributed by atoms with Gasteiger partial charge in [0.1, 0.15) is 17.3 Å². The van der Waals surface area contributed by atoms with Crippen LogP contribution in [-0.2, 0) is 20.7 Å². The second-order valence-corrected chi connectivity index (χ2v) is 6.38. The van der Waals surface area contributed by atoms with E-state index in [1.54, 1.807) is 24.3 Å². The molecule has 0 aliphatic rings. The summed E-state index contributed by atoms with van der Waals surface area (Å²) >= 11 is 0. The largest absolute Gasteiger partial charge is 0.496 e. The normalized spacial score (nSPS) is 10.5. The summed E-state index contributed by atoms with van der Waals surface area (Å²) in [6, 6.07) is 10.7. The number of nitrogens with one attached hydrogen (secondary N) is 2. The summed E-state index contributed by atoms with van der Waals surface area (Å²) in [6.07, 6.45) is 0.00171. The quantitative estimate of drug-likeness (QED) is 0.315. The molecule has 0 aliphatic heterocycles. The van der Waals surface area contributed by atoms with E-state index in [4.69, 9.17) is 9.47 Å². The van der Waals surface area contributed by atoms with Crippen molar-refractivity contribution in [1.82, 2.24) is 9.97 Å². The van der Waals surface area contributed by atoms with Crippen LogP contribution in [0.15, 0.2) is 47.3 Å². The van der Waals surface area contributed by atoms with Crippen LogP contribution in [0.2, 0.25) is 0 Å². The van der Waals surface area contributed by atoms with Crippen molar-refractivity contribution in [2.75, 3.05) is 19.0 Å². The van der Waals surface area contributed by atoms with Gasteiger partial charge in [0.25, 0.3) is 17.2 Å². The van der Waals surface area contributed by atoms with Crippen molar-refractivity contribution in [1.29, 1.82) is 0 Å². The number of para-hydroxylation sites is 1. The molecule has 31 heavy (non-hydrogen) atoms. The predicted molar refractivity (Wildman–Crippen MR) is 110 cm³/mol. The molecule has 3 aromatic rings. The minimum absolute atomic E-state index is 0.0511. The van der Waals surface area contributed by atoms with E-state index in [2.05, 4.69) is 15.3 Å². The third kappa shape index (κ3) is 5.41. The summed E-state index contributed by atoms with van der Waals surface area (Å²) in [5, 5.41) is 13.9. The Hall–Kier alpha value is -4.28. The topological polar surface area (TPSA) is 154 Å². The molecule has 0 saturated carbocycles. The first-order valence-electron chi connectivity index (χ1n) is 9.13. The minimum Gasteiger partial charge on any atom is -0.496 e. The van der Waals surface area contributed by atoms with Crippen LogP contribution in [0.4, 0.5) is 11.4 Å². The van der Waals surface area contributed by atoms with E-state index >= 15 is 0 Å². The average molecular weight is 426 g/mol. The van der Waals surface area contributed by atoms with E-state index in [0.717, 1.165) is 0 Å². The van der Waals surface area contributed by atoms with Gasteiger partial charge in [-0.25, -0.2) is 4.98 Å².